The molecular formula is C29H44O6. The lowest BCUT2D eigenvalue weighted by atomic mass is 9.73. The van der Waals surface area contributed by atoms with E-state index in [4.69, 9.17) is 14.2 Å². The lowest BCUT2D eigenvalue weighted by Gasteiger charge is -2.32. The number of carbonyl (C=O) groups is 2. The quantitative estimate of drug-likeness (QED) is 0.278. The molecule has 6 nitrogen and oxygen atoms in total. The van der Waals surface area contributed by atoms with Crippen molar-refractivity contribution in [1.82, 2.24) is 0 Å². The second-order valence-corrected chi connectivity index (χ2v) is 10.3. The van der Waals surface area contributed by atoms with E-state index in [2.05, 4.69) is 19.9 Å². The van der Waals surface area contributed by atoms with Crippen LogP contribution in [0.5, 0.6) is 5.75 Å². The van der Waals surface area contributed by atoms with Crippen molar-refractivity contribution in [3.05, 3.63) is 29.3 Å². The van der Waals surface area contributed by atoms with Crippen molar-refractivity contribution in [2.45, 2.75) is 103 Å². The van der Waals surface area contributed by atoms with Gasteiger partial charge in [-0.05, 0) is 79.9 Å². The molecule has 2 aliphatic rings. The highest BCUT2D eigenvalue weighted by molar-refractivity contribution is 5.71. The Bertz CT molecular complexity index is 821. The molecule has 0 radical (unpaired) electrons. The van der Waals surface area contributed by atoms with Gasteiger partial charge < -0.3 is 19.3 Å². The van der Waals surface area contributed by atoms with E-state index < -0.39 is 5.97 Å². The van der Waals surface area contributed by atoms with Crippen molar-refractivity contribution < 1.29 is 28.9 Å². The van der Waals surface area contributed by atoms with E-state index in [9.17, 15) is 14.7 Å². The van der Waals surface area contributed by atoms with Crippen molar-refractivity contribution in [2.75, 3.05) is 13.7 Å². The van der Waals surface area contributed by atoms with Crippen molar-refractivity contribution >= 4 is 11.9 Å². The highest BCUT2D eigenvalue weighted by atomic mass is 16.6. The van der Waals surface area contributed by atoms with Crippen LogP contribution in [0.2, 0.25) is 0 Å². The summed E-state index contributed by atoms with van der Waals surface area (Å²) in [6, 6.07) is 6.05. The molecule has 0 heterocycles. The van der Waals surface area contributed by atoms with Crippen molar-refractivity contribution in [1.29, 1.82) is 0 Å². The molecular weight excluding hydrogens is 444 g/mol. The van der Waals surface area contributed by atoms with Gasteiger partial charge in [0.2, 0.25) is 0 Å². The SMILES string of the molecule is CCCCC[C@H](O)CC[C@@H]1[C@H]2Cc3cccc(OCC(=O)OC)c3C[C@H]2C[C@H]1OC(=O)CCCC. The van der Waals surface area contributed by atoms with E-state index in [1.54, 1.807) is 0 Å². The maximum absolute atomic E-state index is 12.5. The molecule has 0 spiro atoms. The molecule has 1 N–H and O–H groups in total. The van der Waals surface area contributed by atoms with Gasteiger partial charge in [-0.2, -0.15) is 0 Å². The first kappa shape index (κ1) is 27.5. The Morgan fingerprint density at radius 1 is 1.06 bits per heavy atom. The average molecular weight is 489 g/mol. The minimum absolute atomic E-state index is 0.0917. The van der Waals surface area contributed by atoms with Gasteiger partial charge in [0.05, 0.1) is 13.2 Å². The molecule has 1 aromatic rings. The minimum atomic E-state index is -0.395. The number of hydrogen-bond acceptors (Lipinski definition) is 6. The van der Waals surface area contributed by atoms with Crippen molar-refractivity contribution in [3.63, 3.8) is 0 Å². The van der Waals surface area contributed by atoms with Gasteiger partial charge in [0, 0.05) is 6.42 Å². The van der Waals surface area contributed by atoms with Gasteiger partial charge in [0.15, 0.2) is 6.61 Å². The molecule has 1 aromatic carbocycles. The normalized spacial score (nSPS) is 23.8. The van der Waals surface area contributed by atoms with Gasteiger partial charge >= 0.3 is 11.9 Å². The fourth-order valence-corrected chi connectivity index (χ4v) is 5.95. The lowest BCUT2D eigenvalue weighted by molar-refractivity contribution is -0.151. The lowest BCUT2D eigenvalue weighted by Crippen LogP contribution is -2.30. The molecule has 0 aromatic heterocycles. The summed E-state index contributed by atoms with van der Waals surface area (Å²) >= 11 is 0. The van der Waals surface area contributed by atoms with E-state index in [0.717, 1.165) is 81.9 Å². The number of unbranched alkanes of at least 4 members (excludes halogenated alkanes) is 3. The largest absolute Gasteiger partial charge is 0.482 e. The second kappa shape index (κ2) is 13.9. The highest BCUT2D eigenvalue weighted by Crippen LogP contribution is 2.49. The number of ether oxygens (including phenoxy) is 3. The minimum Gasteiger partial charge on any atom is -0.482 e. The number of esters is 2. The van der Waals surface area contributed by atoms with Gasteiger partial charge in [-0.3, -0.25) is 4.79 Å². The van der Waals surface area contributed by atoms with Crippen LogP contribution in [0.3, 0.4) is 0 Å². The molecule has 2 aliphatic carbocycles. The molecule has 0 saturated heterocycles. The number of aliphatic hydroxyl groups excluding tert-OH is 1. The van der Waals surface area contributed by atoms with Crippen molar-refractivity contribution in [3.8, 4) is 5.75 Å². The molecule has 1 fully saturated rings. The Morgan fingerprint density at radius 3 is 2.60 bits per heavy atom. The molecule has 0 unspecified atom stereocenters. The van der Waals surface area contributed by atoms with Crippen LogP contribution in [0, 0.1) is 17.8 Å². The monoisotopic (exact) mass is 488 g/mol. The number of fused-ring (bicyclic) bond motifs is 2. The summed E-state index contributed by atoms with van der Waals surface area (Å²) in [5.74, 6) is 1.34. The van der Waals surface area contributed by atoms with Crippen LogP contribution in [0.4, 0.5) is 0 Å². The fourth-order valence-electron chi connectivity index (χ4n) is 5.95. The molecule has 0 amide bonds. The summed E-state index contributed by atoms with van der Waals surface area (Å²) in [6.07, 6.45) is 10.4. The molecule has 196 valence electrons. The van der Waals surface area contributed by atoms with E-state index in [-0.39, 0.29) is 30.7 Å². The van der Waals surface area contributed by atoms with Gasteiger partial charge in [-0.1, -0.05) is 51.7 Å². The zero-order valence-corrected chi connectivity index (χ0v) is 21.8. The van der Waals surface area contributed by atoms with Crippen LogP contribution < -0.4 is 4.74 Å². The van der Waals surface area contributed by atoms with Crippen LogP contribution in [-0.2, 0) is 31.9 Å². The van der Waals surface area contributed by atoms with Crippen LogP contribution in [0.25, 0.3) is 0 Å². The predicted molar refractivity (Wildman–Crippen MR) is 135 cm³/mol. The maximum atomic E-state index is 12.5. The maximum Gasteiger partial charge on any atom is 0.343 e. The van der Waals surface area contributed by atoms with Gasteiger partial charge in [0.25, 0.3) is 0 Å². The summed E-state index contributed by atoms with van der Waals surface area (Å²) in [7, 11) is 1.36. The zero-order chi connectivity index (χ0) is 25.2. The van der Waals surface area contributed by atoms with E-state index in [1.807, 2.05) is 12.1 Å². The molecule has 1 saturated carbocycles. The van der Waals surface area contributed by atoms with E-state index in [0.29, 0.717) is 18.3 Å². The van der Waals surface area contributed by atoms with Crippen LogP contribution in [0.15, 0.2) is 18.2 Å². The fraction of sp³-hybridized carbons (Fsp3) is 0.724. The number of rotatable bonds is 14. The summed E-state index contributed by atoms with van der Waals surface area (Å²) in [5.41, 5.74) is 2.41. The number of aliphatic hydroxyl groups is 1. The third kappa shape index (κ3) is 7.70. The highest BCUT2D eigenvalue weighted by Gasteiger charge is 2.47. The first-order valence-electron chi connectivity index (χ1n) is 13.6. The van der Waals surface area contributed by atoms with Crippen LogP contribution in [0.1, 0.15) is 89.2 Å². The second-order valence-electron chi connectivity index (χ2n) is 10.3. The third-order valence-corrected chi connectivity index (χ3v) is 7.88. The predicted octanol–water partition coefficient (Wildman–Crippen LogP) is 5.41. The number of hydrogen-bond donors (Lipinski definition) is 1. The summed E-state index contributed by atoms with van der Waals surface area (Å²) in [5, 5.41) is 10.6. The van der Waals surface area contributed by atoms with Gasteiger partial charge in [-0.25, -0.2) is 4.79 Å². The Balaban J connectivity index is 1.71. The Morgan fingerprint density at radius 2 is 1.86 bits per heavy atom. The molecule has 0 aliphatic heterocycles. The molecule has 35 heavy (non-hydrogen) atoms. The average Bonchev–Trinajstić information content (AvgIpc) is 3.18. The Hall–Kier alpha value is -2.08. The van der Waals surface area contributed by atoms with E-state index >= 15 is 0 Å². The summed E-state index contributed by atoms with van der Waals surface area (Å²) < 4.78 is 16.6. The summed E-state index contributed by atoms with van der Waals surface area (Å²) in [4.78, 5) is 24.1. The van der Waals surface area contributed by atoms with E-state index in [1.165, 1.54) is 12.7 Å². The molecule has 3 rings (SSSR count). The number of benzene rings is 1. The third-order valence-electron chi connectivity index (χ3n) is 7.88. The first-order chi connectivity index (χ1) is 17.0. The Kier molecular flexibility index (Phi) is 10.9. The van der Waals surface area contributed by atoms with Gasteiger partial charge in [-0.15, -0.1) is 0 Å². The number of methoxy groups -OCH3 is 1. The summed E-state index contributed by atoms with van der Waals surface area (Å²) in [6.45, 7) is 4.16. The molecule has 5 atom stereocenters. The molecule has 0 bridgehead atoms. The topological polar surface area (TPSA) is 82.1 Å². The van der Waals surface area contributed by atoms with Crippen LogP contribution >= 0.6 is 0 Å². The van der Waals surface area contributed by atoms with Crippen LogP contribution in [-0.4, -0.2) is 43.0 Å². The number of carbonyl (C=O) groups excluding carboxylic acids is 2. The van der Waals surface area contributed by atoms with Gasteiger partial charge in [0.1, 0.15) is 11.9 Å². The first-order valence-corrected chi connectivity index (χ1v) is 13.6. The Labute approximate surface area is 210 Å². The zero-order valence-electron chi connectivity index (χ0n) is 21.8. The smallest absolute Gasteiger partial charge is 0.343 e. The molecule has 6 heteroatoms. The van der Waals surface area contributed by atoms with Crippen molar-refractivity contribution in [2.24, 2.45) is 17.8 Å². The standard InChI is InChI=1S/C29H44O6/c1-4-6-8-11-22(30)14-15-23-24-16-20-10-9-12-26(34-19-29(32)33-3)25(20)17-21(24)18-27(23)35-28(31)13-7-5-2/h9-10,12,21-24,27,30H,4-8,11,13-19H2,1-3H3/t21-,22-,23+,24-,27+/m0/s1.